The standard InChI is InChI=1S/C66H72O6/c1-3-65(45-69-46-65)43-67-39-19-5-7-21-41-71-53-35-31-51(32-36-53)61-59(49-23-11-9-12-24-49)60(50-25-13-10-14-26-50)62(64-58-30-18-16-28-56(58)55-27-15-17-29-57(55)63(61)64)52-33-37-54(38-34-52)72-42-22-8-6-20-40-68-44-66(4-2)47-70-48-66/h9-18,23-38H,3-8,19-22,39-48H2,1-2H3. The quantitative estimate of drug-likeness (QED) is 0.0398. The van der Waals surface area contributed by atoms with Crippen LogP contribution in [-0.2, 0) is 18.9 Å². The molecule has 0 radical (unpaired) electrons. The maximum Gasteiger partial charge on any atom is 0.119 e. The number of rotatable bonds is 26. The van der Waals surface area contributed by atoms with Crippen molar-refractivity contribution in [3.05, 3.63) is 158 Å². The van der Waals surface area contributed by atoms with Crippen LogP contribution in [0.1, 0.15) is 78.1 Å². The highest BCUT2D eigenvalue weighted by molar-refractivity contribution is 6.35. The molecule has 2 aliphatic rings. The van der Waals surface area contributed by atoms with Gasteiger partial charge in [-0.15, -0.1) is 0 Å². The minimum absolute atomic E-state index is 0.250. The minimum Gasteiger partial charge on any atom is -0.494 e. The molecule has 372 valence electrons. The van der Waals surface area contributed by atoms with E-state index in [0.29, 0.717) is 13.2 Å². The highest BCUT2D eigenvalue weighted by Crippen LogP contribution is 2.54. The highest BCUT2D eigenvalue weighted by Gasteiger charge is 2.38. The molecule has 72 heavy (non-hydrogen) atoms. The largest absolute Gasteiger partial charge is 0.494 e. The van der Waals surface area contributed by atoms with Crippen molar-refractivity contribution in [3.63, 3.8) is 0 Å². The number of ether oxygens (including phenoxy) is 6. The van der Waals surface area contributed by atoms with Crippen LogP contribution in [0.25, 0.3) is 76.8 Å². The molecule has 2 fully saturated rings. The van der Waals surface area contributed by atoms with E-state index in [2.05, 4.69) is 172 Å². The van der Waals surface area contributed by atoms with E-state index in [0.717, 1.165) is 140 Å². The van der Waals surface area contributed by atoms with Gasteiger partial charge in [-0.2, -0.15) is 0 Å². The third kappa shape index (κ3) is 11.0. The van der Waals surface area contributed by atoms with Gasteiger partial charge in [0, 0.05) is 24.0 Å². The summed E-state index contributed by atoms with van der Waals surface area (Å²) in [6, 6.07) is 57.7. The fraction of sp³-hybridized carbons (Fsp3) is 0.364. The summed E-state index contributed by atoms with van der Waals surface area (Å²) in [6.45, 7) is 12.5. The van der Waals surface area contributed by atoms with Crippen molar-refractivity contribution in [2.24, 2.45) is 10.8 Å². The smallest absolute Gasteiger partial charge is 0.119 e. The van der Waals surface area contributed by atoms with Gasteiger partial charge in [-0.3, -0.25) is 0 Å². The van der Waals surface area contributed by atoms with Crippen LogP contribution in [0.3, 0.4) is 0 Å². The number of hydrogen-bond acceptors (Lipinski definition) is 6. The Morgan fingerprint density at radius 1 is 0.347 bits per heavy atom. The molecular weight excluding hydrogens is 889 g/mol. The second kappa shape index (κ2) is 23.7. The summed E-state index contributed by atoms with van der Waals surface area (Å²) in [5.74, 6) is 1.78. The summed E-state index contributed by atoms with van der Waals surface area (Å²) in [5, 5.41) is 7.44. The van der Waals surface area contributed by atoms with Gasteiger partial charge in [-0.25, -0.2) is 0 Å². The lowest BCUT2D eigenvalue weighted by Crippen LogP contribution is -2.45. The van der Waals surface area contributed by atoms with Gasteiger partial charge >= 0.3 is 0 Å². The van der Waals surface area contributed by atoms with Gasteiger partial charge in [0.2, 0.25) is 0 Å². The van der Waals surface area contributed by atoms with Crippen LogP contribution in [0.5, 0.6) is 11.5 Å². The van der Waals surface area contributed by atoms with Crippen molar-refractivity contribution < 1.29 is 28.4 Å². The van der Waals surface area contributed by atoms with Crippen LogP contribution in [-0.4, -0.2) is 66.1 Å². The first-order valence-corrected chi connectivity index (χ1v) is 26.9. The fourth-order valence-electron chi connectivity index (χ4n) is 10.8. The fourth-order valence-corrected chi connectivity index (χ4v) is 10.8. The van der Waals surface area contributed by atoms with Gasteiger partial charge in [0.05, 0.1) is 52.9 Å². The topological polar surface area (TPSA) is 55.4 Å². The molecular formula is C66H72O6. The molecule has 2 saturated heterocycles. The van der Waals surface area contributed by atoms with Crippen molar-refractivity contribution in [1.29, 1.82) is 0 Å². The second-order valence-corrected chi connectivity index (χ2v) is 20.4. The Balaban J connectivity index is 0.959. The lowest BCUT2D eigenvalue weighted by molar-refractivity contribution is -0.150. The lowest BCUT2D eigenvalue weighted by atomic mass is 9.76. The summed E-state index contributed by atoms with van der Waals surface area (Å²) >= 11 is 0. The van der Waals surface area contributed by atoms with E-state index in [-0.39, 0.29) is 10.8 Å². The summed E-state index contributed by atoms with van der Waals surface area (Å²) < 4.78 is 35.9. The van der Waals surface area contributed by atoms with Crippen molar-refractivity contribution in [2.75, 3.05) is 66.1 Å². The average molecular weight is 961 g/mol. The molecule has 6 nitrogen and oxygen atoms in total. The van der Waals surface area contributed by atoms with Crippen LogP contribution >= 0.6 is 0 Å². The summed E-state index contributed by atoms with van der Waals surface area (Å²) in [5.41, 5.74) is 9.99. The van der Waals surface area contributed by atoms with E-state index in [1.807, 2.05) is 0 Å². The highest BCUT2D eigenvalue weighted by atomic mass is 16.5. The van der Waals surface area contributed by atoms with E-state index in [1.165, 1.54) is 65.7 Å². The first-order chi connectivity index (χ1) is 35.6. The molecule has 0 spiro atoms. The molecule has 0 bridgehead atoms. The predicted molar refractivity (Wildman–Crippen MR) is 297 cm³/mol. The molecule has 0 unspecified atom stereocenters. The summed E-state index contributed by atoms with van der Waals surface area (Å²) in [4.78, 5) is 0. The lowest BCUT2D eigenvalue weighted by Gasteiger charge is -2.40. The average Bonchev–Trinajstić information content (AvgIpc) is 3.41. The van der Waals surface area contributed by atoms with Gasteiger partial charge in [0.15, 0.2) is 0 Å². The van der Waals surface area contributed by atoms with Crippen molar-refractivity contribution in [2.45, 2.75) is 78.1 Å². The van der Waals surface area contributed by atoms with Gasteiger partial charge in [0.1, 0.15) is 11.5 Å². The zero-order chi connectivity index (χ0) is 49.0. The maximum atomic E-state index is 6.42. The second-order valence-electron chi connectivity index (χ2n) is 20.4. The van der Waals surface area contributed by atoms with Crippen LogP contribution in [0.15, 0.2) is 158 Å². The van der Waals surface area contributed by atoms with Crippen LogP contribution in [0.2, 0.25) is 0 Å². The zero-order valence-electron chi connectivity index (χ0n) is 42.6. The monoisotopic (exact) mass is 961 g/mol. The molecule has 8 aromatic rings. The summed E-state index contributed by atoms with van der Waals surface area (Å²) in [6.07, 6.45) is 10.9. The Labute approximate surface area is 427 Å². The minimum atomic E-state index is 0.250. The molecule has 0 saturated carbocycles. The molecule has 0 amide bonds. The number of hydrogen-bond donors (Lipinski definition) is 0. The van der Waals surface area contributed by atoms with Gasteiger partial charge in [0.25, 0.3) is 0 Å². The maximum absolute atomic E-state index is 6.42. The van der Waals surface area contributed by atoms with E-state index in [1.54, 1.807) is 0 Å². The van der Waals surface area contributed by atoms with E-state index in [4.69, 9.17) is 28.4 Å². The Hall–Kier alpha value is -6.02. The van der Waals surface area contributed by atoms with E-state index >= 15 is 0 Å². The first kappa shape index (κ1) is 49.6. The number of benzene rings is 8. The number of fused-ring (bicyclic) bond motifs is 6. The van der Waals surface area contributed by atoms with Crippen LogP contribution in [0, 0.1) is 10.8 Å². The molecule has 6 heteroatoms. The molecule has 0 aliphatic carbocycles. The molecule has 0 N–H and O–H groups in total. The van der Waals surface area contributed by atoms with Crippen LogP contribution in [0.4, 0.5) is 0 Å². The van der Waals surface area contributed by atoms with Gasteiger partial charge < -0.3 is 28.4 Å². The molecule has 2 heterocycles. The normalized spacial score (nSPS) is 14.9. The van der Waals surface area contributed by atoms with Crippen molar-refractivity contribution >= 4 is 32.3 Å². The van der Waals surface area contributed by atoms with E-state index < -0.39 is 0 Å². The Kier molecular flexibility index (Phi) is 16.3. The van der Waals surface area contributed by atoms with Gasteiger partial charge in [-0.05, 0) is 152 Å². The molecule has 10 rings (SSSR count). The third-order valence-electron chi connectivity index (χ3n) is 15.4. The van der Waals surface area contributed by atoms with Crippen LogP contribution < -0.4 is 9.47 Å². The van der Waals surface area contributed by atoms with Crippen molar-refractivity contribution in [1.82, 2.24) is 0 Å². The Bertz CT molecular complexity index is 2780. The first-order valence-electron chi connectivity index (χ1n) is 26.9. The molecule has 0 aromatic heterocycles. The SMILES string of the molecule is CCC1(COCCCCCCOc2ccc(-c3c(-c4ccccc4)c(-c4ccccc4)c(-c4ccc(OCCCCCCOCC5(CC)COC5)cc4)c4c5ccccc5c5ccccc5c34)cc2)COC1. The van der Waals surface area contributed by atoms with Gasteiger partial charge in [-0.1, -0.05) is 160 Å². The zero-order valence-corrected chi connectivity index (χ0v) is 42.6. The predicted octanol–water partition coefficient (Wildman–Crippen LogP) is 16.6. The summed E-state index contributed by atoms with van der Waals surface area (Å²) in [7, 11) is 0. The molecule has 2 aliphatic heterocycles. The number of unbranched alkanes of at least 4 members (excludes halogenated alkanes) is 6. The van der Waals surface area contributed by atoms with Crippen molar-refractivity contribution in [3.8, 4) is 56.0 Å². The molecule has 0 atom stereocenters. The van der Waals surface area contributed by atoms with E-state index in [9.17, 15) is 0 Å². The molecule has 8 aromatic carbocycles. The Morgan fingerprint density at radius 2 is 0.681 bits per heavy atom. The third-order valence-corrected chi connectivity index (χ3v) is 15.4. The Morgan fingerprint density at radius 3 is 1.03 bits per heavy atom.